The van der Waals surface area contributed by atoms with Gasteiger partial charge in [0.1, 0.15) is 0 Å². The fourth-order valence-electron chi connectivity index (χ4n) is 1.36. The fourth-order valence-corrected chi connectivity index (χ4v) is 1.91. The van der Waals surface area contributed by atoms with Crippen molar-refractivity contribution in [1.29, 1.82) is 0 Å². The summed E-state index contributed by atoms with van der Waals surface area (Å²) in [5.41, 5.74) is -0.0275. The van der Waals surface area contributed by atoms with Gasteiger partial charge in [-0.05, 0) is 26.0 Å². The average Bonchev–Trinajstić information content (AvgIpc) is 2.35. The van der Waals surface area contributed by atoms with Crippen molar-refractivity contribution in [2.45, 2.75) is 19.9 Å². The van der Waals surface area contributed by atoms with Crippen molar-refractivity contribution in [1.82, 2.24) is 10.6 Å². The Morgan fingerprint density at radius 1 is 1.19 bits per heavy atom. The molecule has 3 amide bonds. The molecule has 0 bridgehead atoms. The molecular weight excluding hydrogens is 319 g/mol. The number of carbonyl (C=O) groups is 3. The topological polar surface area (TPSA) is 84.5 Å². The largest absolute Gasteiger partial charge is 0.452 e. The van der Waals surface area contributed by atoms with Gasteiger partial charge in [0.05, 0.1) is 15.6 Å². The molecule has 0 atom stereocenters. The van der Waals surface area contributed by atoms with E-state index in [0.29, 0.717) is 0 Å². The highest BCUT2D eigenvalue weighted by Crippen LogP contribution is 2.24. The summed E-state index contributed by atoms with van der Waals surface area (Å²) in [5.74, 6) is -1.60. The van der Waals surface area contributed by atoms with Crippen molar-refractivity contribution in [2.24, 2.45) is 0 Å². The van der Waals surface area contributed by atoms with E-state index in [1.807, 2.05) is 5.32 Å². The van der Waals surface area contributed by atoms with Crippen LogP contribution in [0.4, 0.5) is 4.79 Å². The molecule has 6 nitrogen and oxygen atoms in total. The lowest BCUT2D eigenvalue weighted by Crippen LogP contribution is -2.44. The number of hydrogen-bond donors (Lipinski definition) is 2. The lowest BCUT2D eigenvalue weighted by molar-refractivity contribution is -0.123. The molecule has 1 aromatic carbocycles. The van der Waals surface area contributed by atoms with Crippen LogP contribution in [0.3, 0.4) is 0 Å². The Bertz CT molecular complexity index is 541. The summed E-state index contributed by atoms with van der Waals surface area (Å²) in [6, 6.07) is 3.73. The number of rotatable bonds is 4. The number of carbonyl (C=O) groups excluding carboxylic acids is 3. The maximum Gasteiger partial charge on any atom is 0.341 e. The molecule has 0 radical (unpaired) electrons. The average molecular weight is 333 g/mol. The van der Waals surface area contributed by atoms with Crippen molar-refractivity contribution in [3.8, 4) is 0 Å². The van der Waals surface area contributed by atoms with Crippen molar-refractivity contribution >= 4 is 41.1 Å². The third-order valence-electron chi connectivity index (χ3n) is 2.17. The number of imide groups is 1. The molecule has 1 aromatic rings. The molecule has 8 heteroatoms. The maximum atomic E-state index is 11.8. The van der Waals surface area contributed by atoms with Gasteiger partial charge in [-0.25, -0.2) is 9.59 Å². The third kappa shape index (κ3) is 5.61. The van der Waals surface area contributed by atoms with Crippen LogP contribution in [0.5, 0.6) is 0 Å². The predicted octanol–water partition coefficient (Wildman–Crippen LogP) is 2.38. The van der Waals surface area contributed by atoms with Gasteiger partial charge >= 0.3 is 12.0 Å². The molecule has 0 saturated carbocycles. The second-order valence-corrected chi connectivity index (χ2v) is 5.16. The normalized spacial score (nSPS) is 10.1. The number of esters is 1. The van der Waals surface area contributed by atoms with E-state index in [4.69, 9.17) is 27.9 Å². The second kappa shape index (κ2) is 7.85. The van der Waals surface area contributed by atoms with Gasteiger partial charge in [0.25, 0.3) is 5.91 Å². The molecule has 0 saturated heterocycles. The molecular formula is C13H14Cl2N2O4. The van der Waals surface area contributed by atoms with E-state index in [1.165, 1.54) is 12.1 Å². The van der Waals surface area contributed by atoms with E-state index >= 15 is 0 Å². The van der Waals surface area contributed by atoms with Crippen molar-refractivity contribution in [2.75, 3.05) is 6.61 Å². The highest BCUT2D eigenvalue weighted by molar-refractivity contribution is 6.39. The lowest BCUT2D eigenvalue weighted by atomic mass is 10.2. The van der Waals surface area contributed by atoms with Crippen LogP contribution < -0.4 is 10.6 Å². The van der Waals surface area contributed by atoms with Gasteiger partial charge in [0, 0.05) is 6.04 Å². The van der Waals surface area contributed by atoms with Gasteiger partial charge in [0.2, 0.25) is 0 Å². The number of benzene rings is 1. The molecule has 2 N–H and O–H groups in total. The predicted molar refractivity (Wildman–Crippen MR) is 78.6 cm³/mol. The summed E-state index contributed by atoms with van der Waals surface area (Å²) in [6.07, 6.45) is 0. The summed E-state index contributed by atoms with van der Waals surface area (Å²) in [5, 5.41) is 4.71. The summed E-state index contributed by atoms with van der Waals surface area (Å²) in [4.78, 5) is 34.5. The third-order valence-corrected chi connectivity index (χ3v) is 2.80. The SMILES string of the molecule is CC(C)NC(=O)NC(=O)COC(=O)c1c(Cl)cccc1Cl. The zero-order valence-electron chi connectivity index (χ0n) is 11.4. The Hall–Kier alpha value is -1.79. The van der Waals surface area contributed by atoms with Crippen LogP contribution in [0.1, 0.15) is 24.2 Å². The van der Waals surface area contributed by atoms with Crippen LogP contribution in [0.25, 0.3) is 0 Å². The first-order valence-electron chi connectivity index (χ1n) is 6.02. The zero-order chi connectivity index (χ0) is 16.0. The van der Waals surface area contributed by atoms with Gasteiger partial charge in [-0.3, -0.25) is 10.1 Å². The van der Waals surface area contributed by atoms with E-state index in [9.17, 15) is 14.4 Å². The molecule has 114 valence electrons. The summed E-state index contributed by atoms with van der Waals surface area (Å²) < 4.78 is 4.76. The molecule has 0 heterocycles. The smallest absolute Gasteiger partial charge is 0.341 e. The van der Waals surface area contributed by atoms with Crippen molar-refractivity contribution in [3.05, 3.63) is 33.8 Å². The van der Waals surface area contributed by atoms with Gasteiger partial charge in [0.15, 0.2) is 6.61 Å². The van der Waals surface area contributed by atoms with Gasteiger partial charge in [-0.1, -0.05) is 29.3 Å². The van der Waals surface area contributed by atoms with Crippen LogP contribution in [0.2, 0.25) is 10.0 Å². The Kier molecular flexibility index (Phi) is 6.45. The van der Waals surface area contributed by atoms with Crippen LogP contribution in [-0.2, 0) is 9.53 Å². The summed E-state index contributed by atoms with van der Waals surface area (Å²) in [7, 11) is 0. The van der Waals surface area contributed by atoms with Gasteiger partial charge in [-0.2, -0.15) is 0 Å². The lowest BCUT2D eigenvalue weighted by Gasteiger charge is -2.10. The standard InChI is InChI=1S/C13H14Cl2N2O4/c1-7(2)16-13(20)17-10(18)6-21-12(19)11-8(14)4-3-5-9(11)15/h3-5,7H,6H2,1-2H3,(H2,16,17,18,20). The van der Waals surface area contributed by atoms with E-state index in [1.54, 1.807) is 19.9 Å². The minimum atomic E-state index is -0.843. The van der Waals surface area contributed by atoms with Crippen LogP contribution >= 0.6 is 23.2 Å². The van der Waals surface area contributed by atoms with Crippen molar-refractivity contribution < 1.29 is 19.1 Å². The molecule has 21 heavy (non-hydrogen) atoms. The second-order valence-electron chi connectivity index (χ2n) is 4.35. The molecule has 0 aliphatic rings. The van der Waals surface area contributed by atoms with E-state index in [-0.39, 0.29) is 21.7 Å². The molecule has 0 fully saturated rings. The molecule has 0 aliphatic carbocycles. The first-order valence-corrected chi connectivity index (χ1v) is 6.78. The molecule has 1 rings (SSSR count). The molecule has 0 spiro atoms. The summed E-state index contributed by atoms with van der Waals surface area (Å²) in [6.45, 7) is 2.86. The highest BCUT2D eigenvalue weighted by Gasteiger charge is 2.18. The number of urea groups is 1. The number of hydrogen-bond acceptors (Lipinski definition) is 4. The van der Waals surface area contributed by atoms with Crippen LogP contribution in [-0.4, -0.2) is 30.6 Å². The molecule has 0 aliphatic heterocycles. The molecule has 0 aromatic heterocycles. The van der Waals surface area contributed by atoms with Crippen LogP contribution in [0.15, 0.2) is 18.2 Å². The van der Waals surface area contributed by atoms with Crippen molar-refractivity contribution in [3.63, 3.8) is 0 Å². The Morgan fingerprint density at radius 3 is 2.29 bits per heavy atom. The van der Waals surface area contributed by atoms with E-state index < -0.39 is 24.5 Å². The Balaban J connectivity index is 2.53. The Morgan fingerprint density at radius 2 is 1.76 bits per heavy atom. The zero-order valence-corrected chi connectivity index (χ0v) is 12.9. The number of nitrogens with one attached hydrogen (secondary N) is 2. The first-order chi connectivity index (χ1) is 9.81. The monoisotopic (exact) mass is 332 g/mol. The molecule has 0 unspecified atom stereocenters. The maximum absolute atomic E-state index is 11.8. The van der Waals surface area contributed by atoms with E-state index in [2.05, 4.69) is 5.32 Å². The number of ether oxygens (including phenoxy) is 1. The fraction of sp³-hybridized carbons (Fsp3) is 0.308. The highest BCUT2D eigenvalue weighted by atomic mass is 35.5. The van der Waals surface area contributed by atoms with Gasteiger partial charge in [-0.15, -0.1) is 0 Å². The Labute approximate surface area is 131 Å². The number of amides is 3. The number of halogens is 2. The van der Waals surface area contributed by atoms with Crippen LogP contribution in [0, 0.1) is 0 Å². The first kappa shape index (κ1) is 17.3. The van der Waals surface area contributed by atoms with E-state index in [0.717, 1.165) is 0 Å². The minimum absolute atomic E-state index is 0.0275. The minimum Gasteiger partial charge on any atom is -0.452 e. The van der Waals surface area contributed by atoms with Gasteiger partial charge < -0.3 is 10.1 Å². The summed E-state index contributed by atoms with van der Waals surface area (Å²) >= 11 is 11.7. The quantitative estimate of drug-likeness (QED) is 0.829.